The van der Waals surface area contributed by atoms with Crippen LogP contribution in [0.4, 0.5) is 0 Å². The van der Waals surface area contributed by atoms with Gasteiger partial charge in [0.1, 0.15) is 9.96 Å². The second kappa shape index (κ2) is 7.04. The molecule has 0 radical (unpaired) electrons. The van der Waals surface area contributed by atoms with Gasteiger partial charge in [0.15, 0.2) is 0 Å². The molecule has 2 aromatic rings. The highest BCUT2D eigenvalue weighted by Crippen LogP contribution is 2.22. The highest BCUT2D eigenvalue weighted by molar-refractivity contribution is 7.91. The molecule has 1 aromatic heterocycles. The number of ether oxygens (including phenoxy) is 1. The van der Waals surface area contributed by atoms with Gasteiger partial charge in [-0.2, -0.15) is 0 Å². The Morgan fingerprint density at radius 2 is 1.90 bits per heavy atom. The smallest absolute Gasteiger partial charge is 0.250 e. The molecule has 0 amide bonds. The zero-order chi connectivity index (χ0) is 15.3. The molecule has 0 unspecified atom stereocenters. The highest BCUT2D eigenvalue weighted by atomic mass is 32.2. The van der Waals surface area contributed by atoms with E-state index >= 15 is 0 Å². The Morgan fingerprint density at radius 3 is 2.52 bits per heavy atom. The molecule has 0 bridgehead atoms. The minimum absolute atomic E-state index is 0.246. The Kier molecular flexibility index (Phi) is 5.35. The van der Waals surface area contributed by atoms with Crippen molar-refractivity contribution in [2.75, 3.05) is 13.7 Å². The minimum atomic E-state index is -3.48. The van der Waals surface area contributed by atoms with Crippen LogP contribution in [0.3, 0.4) is 0 Å². The van der Waals surface area contributed by atoms with Crippen molar-refractivity contribution in [2.45, 2.75) is 17.2 Å². The molecule has 0 atom stereocenters. The summed E-state index contributed by atoms with van der Waals surface area (Å²) in [6.45, 7) is 0.760. The van der Waals surface area contributed by atoms with Crippen LogP contribution < -0.4 is 15.2 Å². The first-order valence-corrected chi connectivity index (χ1v) is 8.76. The standard InChI is InChI=1S/C14H18N2O3S2/c1-19-12-4-2-11(3-5-12)10-16-21(17,18)14-7-6-13(20-14)8-9-15/h2-7,16H,8-10,15H2,1H3. The lowest BCUT2D eigenvalue weighted by Gasteiger charge is -2.06. The summed E-state index contributed by atoms with van der Waals surface area (Å²) < 4.78 is 32.4. The lowest BCUT2D eigenvalue weighted by atomic mass is 10.2. The van der Waals surface area contributed by atoms with Crippen molar-refractivity contribution in [3.05, 3.63) is 46.8 Å². The highest BCUT2D eigenvalue weighted by Gasteiger charge is 2.16. The first kappa shape index (κ1) is 16.0. The first-order valence-electron chi connectivity index (χ1n) is 6.46. The van der Waals surface area contributed by atoms with Crippen molar-refractivity contribution >= 4 is 21.4 Å². The zero-order valence-electron chi connectivity index (χ0n) is 11.7. The third-order valence-electron chi connectivity index (χ3n) is 2.92. The molecule has 21 heavy (non-hydrogen) atoms. The maximum absolute atomic E-state index is 12.2. The molecule has 1 heterocycles. The minimum Gasteiger partial charge on any atom is -0.497 e. The fourth-order valence-electron chi connectivity index (χ4n) is 1.77. The maximum atomic E-state index is 12.2. The number of nitrogens with two attached hydrogens (primary N) is 1. The molecule has 3 N–H and O–H groups in total. The van der Waals surface area contributed by atoms with Gasteiger partial charge in [0.25, 0.3) is 0 Å². The third kappa shape index (κ3) is 4.28. The predicted molar refractivity (Wildman–Crippen MR) is 84.1 cm³/mol. The molecular formula is C14H18N2O3S2. The van der Waals surface area contributed by atoms with Crippen molar-refractivity contribution in [1.29, 1.82) is 0 Å². The van der Waals surface area contributed by atoms with E-state index in [1.165, 1.54) is 11.3 Å². The van der Waals surface area contributed by atoms with E-state index in [0.717, 1.165) is 16.2 Å². The molecule has 114 valence electrons. The number of hydrogen-bond donors (Lipinski definition) is 2. The molecule has 1 aromatic carbocycles. The van der Waals surface area contributed by atoms with Crippen LogP contribution in [0, 0.1) is 0 Å². The Balaban J connectivity index is 2.02. The summed E-state index contributed by atoms with van der Waals surface area (Å²) in [5.74, 6) is 0.742. The van der Waals surface area contributed by atoms with E-state index in [1.54, 1.807) is 31.4 Å². The van der Waals surface area contributed by atoms with E-state index in [-0.39, 0.29) is 6.54 Å². The summed E-state index contributed by atoms with van der Waals surface area (Å²) in [6.07, 6.45) is 0.693. The van der Waals surface area contributed by atoms with E-state index in [4.69, 9.17) is 10.5 Å². The Bertz CT molecular complexity index is 678. The fourth-order valence-corrected chi connectivity index (χ4v) is 4.21. The summed E-state index contributed by atoms with van der Waals surface area (Å²) in [6, 6.07) is 10.7. The van der Waals surface area contributed by atoms with Crippen LogP contribution in [-0.4, -0.2) is 22.1 Å². The average Bonchev–Trinajstić information content (AvgIpc) is 2.96. The van der Waals surface area contributed by atoms with Crippen LogP contribution in [-0.2, 0) is 23.0 Å². The second-order valence-electron chi connectivity index (χ2n) is 4.43. The summed E-state index contributed by atoms with van der Waals surface area (Å²) in [5.41, 5.74) is 6.34. The molecule has 0 saturated carbocycles. The number of hydrogen-bond acceptors (Lipinski definition) is 5. The number of nitrogens with one attached hydrogen (secondary N) is 1. The van der Waals surface area contributed by atoms with Crippen LogP contribution in [0.5, 0.6) is 5.75 Å². The third-order valence-corrected chi connectivity index (χ3v) is 5.96. The van der Waals surface area contributed by atoms with Gasteiger partial charge < -0.3 is 10.5 Å². The molecule has 0 aliphatic carbocycles. The molecule has 0 aliphatic rings. The van der Waals surface area contributed by atoms with Gasteiger partial charge in [0, 0.05) is 11.4 Å². The van der Waals surface area contributed by atoms with Crippen molar-refractivity contribution < 1.29 is 13.2 Å². The SMILES string of the molecule is COc1ccc(CNS(=O)(=O)c2ccc(CCN)s2)cc1. The summed E-state index contributed by atoms with van der Waals surface area (Å²) in [4.78, 5) is 0.974. The fraction of sp³-hybridized carbons (Fsp3) is 0.286. The van der Waals surface area contributed by atoms with Gasteiger partial charge in [-0.3, -0.25) is 0 Å². The van der Waals surface area contributed by atoms with Crippen LogP contribution in [0.1, 0.15) is 10.4 Å². The number of benzene rings is 1. The summed E-state index contributed by atoms with van der Waals surface area (Å²) >= 11 is 1.26. The molecule has 0 spiro atoms. The number of thiophene rings is 1. The van der Waals surface area contributed by atoms with Gasteiger partial charge in [-0.25, -0.2) is 13.1 Å². The van der Waals surface area contributed by atoms with E-state index in [1.807, 2.05) is 12.1 Å². The Hall–Kier alpha value is -1.41. The van der Waals surface area contributed by atoms with Gasteiger partial charge in [0.05, 0.1) is 7.11 Å². The van der Waals surface area contributed by atoms with Crippen molar-refractivity contribution in [1.82, 2.24) is 4.72 Å². The predicted octanol–water partition coefficient (Wildman–Crippen LogP) is 1.74. The van der Waals surface area contributed by atoms with Crippen LogP contribution in [0.25, 0.3) is 0 Å². The summed E-state index contributed by atoms with van der Waals surface area (Å²) in [7, 11) is -1.88. The monoisotopic (exact) mass is 326 g/mol. The quantitative estimate of drug-likeness (QED) is 0.812. The first-order chi connectivity index (χ1) is 10.0. The Labute approximate surface area is 128 Å². The maximum Gasteiger partial charge on any atom is 0.250 e. The van der Waals surface area contributed by atoms with E-state index in [0.29, 0.717) is 17.2 Å². The molecule has 7 heteroatoms. The van der Waals surface area contributed by atoms with E-state index in [2.05, 4.69) is 4.72 Å². The van der Waals surface area contributed by atoms with Crippen LogP contribution in [0.2, 0.25) is 0 Å². The lowest BCUT2D eigenvalue weighted by Crippen LogP contribution is -2.22. The molecule has 0 aliphatic heterocycles. The average molecular weight is 326 g/mol. The van der Waals surface area contributed by atoms with Gasteiger partial charge >= 0.3 is 0 Å². The number of sulfonamides is 1. The normalized spacial score (nSPS) is 11.5. The van der Waals surface area contributed by atoms with Gasteiger partial charge in [-0.1, -0.05) is 12.1 Å². The molecule has 0 fully saturated rings. The molecule has 5 nitrogen and oxygen atoms in total. The Morgan fingerprint density at radius 1 is 1.19 bits per heavy atom. The van der Waals surface area contributed by atoms with Gasteiger partial charge in [-0.15, -0.1) is 11.3 Å². The van der Waals surface area contributed by atoms with E-state index < -0.39 is 10.0 Å². The molecule has 0 saturated heterocycles. The van der Waals surface area contributed by atoms with Crippen LogP contribution >= 0.6 is 11.3 Å². The number of rotatable bonds is 7. The topological polar surface area (TPSA) is 81.4 Å². The van der Waals surface area contributed by atoms with E-state index in [9.17, 15) is 8.42 Å². The van der Waals surface area contributed by atoms with Gasteiger partial charge in [-0.05, 0) is 42.8 Å². The molecule has 2 rings (SSSR count). The van der Waals surface area contributed by atoms with Crippen LogP contribution in [0.15, 0.2) is 40.6 Å². The number of methoxy groups -OCH3 is 1. The summed E-state index contributed by atoms with van der Waals surface area (Å²) in [5, 5.41) is 0. The van der Waals surface area contributed by atoms with Crippen molar-refractivity contribution in [2.24, 2.45) is 5.73 Å². The van der Waals surface area contributed by atoms with Gasteiger partial charge in [0.2, 0.25) is 10.0 Å². The molecular weight excluding hydrogens is 308 g/mol. The lowest BCUT2D eigenvalue weighted by molar-refractivity contribution is 0.414. The second-order valence-corrected chi connectivity index (χ2v) is 7.59. The zero-order valence-corrected chi connectivity index (χ0v) is 13.3. The largest absolute Gasteiger partial charge is 0.497 e. The van der Waals surface area contributed by atoms with Crippen molar-refractivity contribution in [3.63, 3.8) is 0 Å². The van der Waals surface area contributed by atoms with Crippen molar-refractivity contribution in [3.8, 4) is 5.75 Å².